The summed E-state index contributed by atoms with van der Waals surface area (Å²) < 4.78 is 12.8. The van der Waals surface area contributed by atoms with Gasteiger partial charge < -0.3 is 19.7 Å². The van der Waals surface area contributed by atoms with E-state index in [0.29, 0.717) is 60.6 Å². The highest BCUT2D eigenvalue weighted by molar-refractivity contribution is 6.32. The van der Waals surface area contributed by atoms with Gasteiger partial charge in [0, 0.05) is 25.2 Å². The van der Waals surface area contributed by atoms with Gasteiger partial charge >= 0.3 is 0 Å². The Bertz CT molecular complexity index is 1190. The molecule has 0 unspecified atom stereocenters. The fourth-order valence-corrected chi connectivity index (χ4v) is 3.91. The van der Waals surface area contributed by atoms with Gasteiger partial charge in [-0.3, -0.25) is 14.3 Å². The standard InChI is InChI=1S/C25H27ClN4O4/c1-3-30-23(25(32)29-9-11-33-12-10-29)21(15-27-30)28-24(31)19-6-4-5-18(14-19)16-34-22-13-17(2)7-8-20(22)26/h4-8,13-15H,3,9-12,16H2,1-2H3,(H,28,31). The molecule has 1 saturated heterocycles. The molecule has 0 radical (unpaired) electrons. The fraction of sp³-hybridized carbons (Fsp3) is 0.320. The Balaban J connectivity index is 1.48. The minimum absolute atomic E-state index is 0.171. The summed E-state index contributed by atoms with van der Waals surface area (Å²) in [6.07, 6.45) is 1.52. The van der Waals surface area contributed by atoms with Gasteiger partial charge in [0.1, 0.15) is 18.1 Å². The van der Waals surface area contributed by atoms with Crippen molar-refractivity contribution in [2.24, 2.45) is 0 Å². The van der Waals surface area contributed by atoms with Crippen molar-refractivity contribution in [2.45, 2.75) is 27.0 Å². The summed E-state index contributed by atoms with van der Waals surface area (Å²) in [5.41, 5.74) is 3.06. The zero-order valence-electron chi connectivity index (χ0n) is 19.2. The highest BCUT2D eigenvalue weighted by atomic mass is 35.5. The van der Waals surface area contributed by atoms with Gasteiger partial charge in [-0.2, -0.15) is 5.10 Å². The minimum atomic E-state index is -0.331. The lowest BCUT2D eigenvalue weighted by atomic mass is 10.1. The van der Waals surface area contributed by atoms with Crippen molar-refractivity contribution in [3.8, 4) is 5.75 Å². The Labute approximate surface area is 203 Å². The van der Waals surface area contributed by atoms with Crippen LogP contribution in [0.1, 0.15) is 38.9 Å². The molecule has 1 aliphatic rings. The summed E-state index contributed by atoms with van der Waals surface area (Å²) in [6.45, 7) is 6.65. The largest absolute Gasteiger partial charge is 0.487 e. The Hall–Kier alpha value is -3.36. The number of hydrogen-bond donors (Lipinski definition) is 1. The lowest BCUT2D eigenvalue weighted by Crippen LogP contribution is -2.41. The Morgan fingerprint density at radius 3 is 2.74 bits per heavy atom. The molecule has 0 atom stereocenters. The summed E-state index contributed by atoms with van der Waals surface area (Å²) in [5, 5.41) is 7.67. The minimum Gasteiger partial charge on any atom is -0.487 e. The number of anilines is 1. The number of carbonyl (C=O) groups is 2. The van der Waals surface area contributed by atoms with Crippen LogP contribution in [-0.2, 0) is 17.9 Å². The van der Waals surface area contributed by atoms with Gasteiger partial charge in [-0.05, 0) is 49.2 Å². The summed E-state index contributed by atoms with van der Waals surface area (Å²) in [6, 6.07) is 12.7. The first-order chi connectivity index (χ1) is 16.5. The van der Waals surface area contributed by atoms with Crippen molar-refractivity contribution in [3.05, 3.63) is 76.1 Å². The maximum atomic E-state index is 13.1. The first-order valence-electron chi connectivity index (χ1n) is 11.2. The number of aromatic nitrogens is 2. The van der Waals surface area contributed by atoms with E-state index >= 15 is 0 Å². The van der Waals surface area contributed by atoms with Crippen molar-refractivity contribution >= 4 is 29.1 Å². The molecule has 178 valence electrons. The lowest BCUT2D eigenvalue weighted by Gasteiger charge is -2.27. The van der Waals surface area contributed by atoms with Crippen LogP contribution in [0.4, 0.5) is 5.69 Å². The van der Waals surface area contributed by atoms with Gasteiger partial charge in [-0.25, -0.2) is 0 Å². The number of morpholine rings is 1. The molecule has 2 aromatic carbocycles. The first kappa shape index (κ1) is 23.8. The van der Waals surface area contributed by atoms with E-state index in [2.05, 4.69) is 10.4 Å². The molecule has 34 heavy (non-hydrogen) atoms. The summed E-state index contributed by atoms with van der Waals surface area (Å²) in [7, 11) is 0. The van der Waals surface area contributed by atoms with E-state index in [1.54, 1.807) is 33.8 Å². The maximum Gasteiger partial charge on any atom is 0.274 e. The fourth-order valence-electron chi connectivity index (χ4n) is 3.74. The molecular formula is C25H27ClN4O4. The van der Waals surface area contributed by atoms with Crippen LogP contribution in [-0.4, -0.2) is 52.8 Å². The Morgan fingerprint density at radius 1 is 1.18 bits per heavy atom. The maximum absolute atomic E-state index is 13.1. The molecule has 3 aromatic rings. The van der Waals surface area contributed by atoms with Crippen molar-refractivity contribution in [2.75, 3.05) is 31.6 Å². The Morgan fingerprint density at radius 2 is 1.97 bits per heavy atom. The molecule has 0 aliphatic carbocycles. The number of halogens is 1. The van der Waals surface area contributed by atoms with Gasteiger partial charge in [-0.1, -0.05) is 29.8 Å². The van der Waals surface area contributed by atoms with Gasteiger partial charge in [-0.15, -0.1) is 0 Å². The molecule has 0 bridgehead atoms. The third-order valence-electron chi connectivity index (χ3n) is 5.56. The number of nitrogens with one attached hydrogen (secondary N) is 1. The van der Waals surface area contributed by atoms with Crippen LogP contribution in [0.3, 0.4) is 0 Å². The normalized spacial score (nSPS) is 13.6. The molecular weight excluding hydrogens is 456 g/mol. The molecule has 1 aliphatic heterocycles. The molecule has 1 aromatic heterocycles. The number of hydrogen-bond acceptors (Lipinski definition) is 5. The number of nitrogens with zero attached hydrogens (tertiary/aromatic N) is 3. The van der Waals surface area contributed by atoms with Crippen LogP contribution in [0.15, 0.2) is 48.7 Å². The Kier molecular flexibility index (Phi) is 7.49. The molecule has 8 nitrogen and oxygen atoms in total. The van der Waals surface area contributed by atoms with Crippen molar-refractivity contribution < 1.29 is 19.1 Å². The first-order valence-corrected chi connectivity index (χ1v) is 11.6. The molecule has 1 fully saturated rings. The van der Waals surface area contributed by atoms with Crippen molar-refractivity contribution in [1.82, 2.24) is 14.7 Å². The van der Waals surface area contributed by atoms with E-state index in [1.165, 1.54) is 6.20 Å². The second-order valence-electron chi connectivity index (χ2n) is 8.00. The van der Waals surface area contributed by atoms with Crippen LogP contribution in [0.2, 0.25) is 5.02 Å². The zero-order chi connectivity index (χ0) is 24.1. The number of amides is 2. The van der Waals surface area contributed by atoms with E-state index in [1.807, 2.05) is 32.0 Å². The molecule has 2 heterocycles. The molecule has 0 saturated carbocycles. The zero-order valence-corrected chi connectivity index (χ0v) is 20.0. The molecule has 4 rings (SSSR count). The predicted molar refractivity (Wildman–Crippen MR) is 130 cm³/mol. The van der Waals surface area contributed by atoms with E-state index in [9.17, 15) is 9.59 Å². The summed E-state index contributed by atoms with van der Waals surface area (Å²) in [5.74, 6) is 0.0898. The second-order valence-corrected chi connectivity index (χ2v) is 8.41. The lowest BCUT2D eigenvalue weighted by molar-refractivity contribution is 0.0295. The van der Waals surface area contributed by atoms with Gasteiger partial charge in [0.25, 0.3) is 11.8 Å². The van der Waals surface area contributed by atoms with Crippen LogP contribution < -0.4 is 10.1 Å². The average Bonchev–Trinajstić information content (AvgIpc) is 3.27. The number of carbonyl (C=O) groups excluding carboxylic acids is 2. The van der Waals surface area contributed by atoms with Crippen LogP contribution in [0.5, 0.6) is 5.75 Å². The topological polar surface area (TPSA) is 85.7 Å². The number of benzene rings is 2. The van der Waals surface area contributed by atoms with Gasteiger partial charge in [0.15, 0.2) is 0 Å². The molecule has 9 heteroatoms. The summed E-state index contributed by atoms with van der Waals surface area (Å²) >= 11 is 6.21. The predicted octanol–water partition coefficient (Wildman–Crippen LogP) is 4.17. The van der Waals surface area contributed by atoms with Crippen LogP contribution >= 0.6 is 11.6 Å². The third-order valence-corrected chi connectivity index (χ3v) is 5.87. The van der Waals surface area contributed by atoms with Crippen molar-refractivity contribution in [3.63, 3.8) is 0 Å². The number of ether oxygens (including phenoxy) is 2. The van der Waals surface area contributed by atoms with Crippen molar-refractivity contribution in [1.29, 1.82) is 0 Å². The van der Waals surface area contributed by atoms with Crippen LogP contribution in [0.25, 0.3) is 0 Å². The van der Waals surface area contributed by atoms with Crippen LogP contribution in [0, 0.1) is 6.92 Å². The molecule has 2 amide bonds. The SMILES string of the molecule is CCn1ncc(NC(=O)c2cccc(COc3cc(C)ccc3Cl)c2)c1C(=O)N1CCOCC1. The molecule has 0 spiro atoms. The van der Waals surface area contributed by atoms with Gasteiger partial charge in [0.05, 0.1) is 30.1 Å². The highest BCUT2D eigenvalue weighted by Crippen LogP contribution is 2.26. The monoisotopic (exact) mass is 482 g/mol. The van der Waals surface area contributed by atoms with E-state index < -0.39 is 0 Å². The van der Waals surface area contributed by atoms with E-state index in [-0.39, 0.29) is 18.4 Å². The average molecular weight is 483 g/mol. The highest BCUT2D eigenvalue weighted by Gasteiger charge is 2.26. The quantitative estimate of drug-likeness (QED) is 0.546. The summed E-state index contributed by atoms with van der Waals surface area (Å²) in [4.78, 5) is 27.9. The smallest absolute Gasteiger partial charge is 0.274 e. The molecule has 1 N–H and O–H groups in total. The van der Waals surface area contributed by atoms with E-state index in [4.69, 9.17) is 21.1 Å². The second kappa shape index (κ2) is 10.7. The third kappa shape index (κ3) is 5.40. The number of rotatable bonds is 7. The number of aryl methyl sites for hydroxylation is 2. The van der Waals surface area contributed by atoms with E-state index in [0.717, 1.165) is 11.1 Å². The van der Waals surface area contributed by atoms with Gasteiger partial charge in [0.2, 0.25) is 0 Å².